The fourth-order valence-corrected chi connectivity index (χ4v) is 1.83. The highest BCUT2D eigenvalue weighted by Gasteiger charge is 2.05. The molecule has 2 aromatic heterocycles. The third-order valence-corrected chi connectivity index (χ3v) is 2.79. The van der Waals surface area contributed by atoms with E-state index < -0.39 is 0 Å². The highest BCUT2D eigenvalue weighted by Crippen LogP contribution is 2.23. The maximum absolute atomic E-state index is 6.00. The zero-order valence-corrected chi connectivity index (χ0v) is 10.2. The maximum atomic E-state index is 6.00. The smallest absolute Gasteiger partial charge is 0.189 e. The van der Waals surface area contributed by atoms with E-state index in [0.29, 0.717) is 23.2 Å². The first-order valence-corrected chi connectivity index (χ1v) is 5.88. The molecule has 0 bridgehead atoms. The highest BCUT2D eigenvalue weighted by atomic mass is 35.5. The van der Waals surface area contributed by atoms with Crippen molar-refractivity contribution in [1.82, 2.24) is 14.6 Å². The Hall–Kier alpha value is -2.07. The van der Waals surface area contributed by atoms with Gasteiger partial charge in [0, 0.05) is 6.20 Å². The minimum absolute atomic E-state index is 0.297. The lowest BCUT2D eigenvalue weighted by atomic mass is 10.3. The van der Waals surface area contributed by atoms with Gasteiger partial charge in [-0.1, -0.05) is 29.8 Å². The Kier molecular flexibility index (Phi) is 2.86. The summed E-state index contributed by atoms with van der Waals surface area (Å²) in [5.74, 6) is 1.26. The number of nitrogens with zero attached hydrogens (tertiary/aromatic N) is 3. The Morgan fingerprint density at radius 1 is 1.11 bits per heavy atom. The third-order valence-electron chi connectivity index (χ3n) is 2.48. The number of pyridine rings is 1. The van der Waals surface area contributed by atoms with Crippen molar-refractivity contribution >= 4 is 17.2 Å². The molecule has 2 heterocycles. The Morgan fingerprint density at radius 2 is 1.94 bits per heavy atom. The van der Waals surface area contributed by atoms with Gasteiger partial charge in [-0.3, -0.25) is 0 Å². The molecule has 0 spiro atoms. The predicted octanol–water partition coefficient (Wildman–Crippen LogP) is 2.96. The number of halogens is 1. The SMILES string of the molecule is Clc1ccccc1OCc1nc2ccccn2n1. The molecular weight excluding hydrogens is 250 g/mol. The van der Waals surface area contributed by atoms with Crippen molar-refractivity contribution in [3.05, 3.63) is 59.5 Å². The van der Waals surface area contributed by atoms with Crippen LogP contribution < -0.4 is 4.74 Å². The number of rotatable bonds is 3. The number of para-hydroxylation sites is 1. The highest BCUT2D eigenvalue weighted by molar-refractivity contribution is 6.32. The molecule has 0 aliphatic heterocycles. The lowest BCUT2D eigenvalue weighted by Crippen LogP contribution is -1.98. The van der Waals surface area contributed by atoms with Gasteiger partial charge >= 0.3 is 0 Å². The topological polar surface area (TPSA) is 39.4 Å². The van der Waals surface area contributed by atoms with E-state index in [9.17, 15) is 0 Å². The summed E-state index contributed by atoms with van der Waals surface area (Å²) in [5.41, 5.74) is 0.801. The van der Waals surface area contributed by atoms with Crippen LogP contribution >= 0.6 is 11.6 Å². The number of hydrogen-bond donors (Lipinski definition) is 0. The lowest BCUT2D eigenvalue weighted by molar-refractivity contribution is 0.296. The molecule has 1 aromatic carbocycles. The van der Waals surface area contributed by atoms with Crippen molar-refractivity contribution in [2.45, 2.75) is 6.61 Å². The predicted molar refractivity (Wildman–Crippen MR) is 68.8 cm³/mol. The molecule has 0 aliphatic carbocycles. The van der Waals surface area contributed by atoms with Crippen molar-refractivity contribution in [3.8, 4) is 5.75 Å². The molecule has 5 heteroatoms. The van der Waals surface area contributed by atoms with Gasteiger partial charge in [0.25, 0.3) is 0 Å². The Labute approximate surface area is 109 Å². The van der Waals surface area contributed by atoms with Crippen molar-refractivity contribution in [2.75, 3.05) is 0 Å². The average molecular weight is 260 g/mol. The summed E-state index contributed by atoms with van der Waals surface area (Å²) in [6, 6.07) is 13.1. The molecule has 0 amide bonds. The molecule has 0 fully saturated rings. The first-order chi connectivity index (χ1) is 8.83. The molecule has 0 radical (unpaired) electrons. The number of fused-ring (bicyclic) bond motifs is 1. The number of hydrogen-bond acceptors (Lipinski definition) is 3. The normalized spacial score (nSPS) is 10.7. The maximum Gasteiger partial charge on any atom is 0.189 e. The van der Waals surface area contributed by atoms with E-state index in [1.54, 1.807) is 10.6 Å². The summed E-state index contributed by atoms with van der Waals surface area (Å²) >= 11 is 6.00. The summed E-state index contributed by atoms with van der Waals surface area (Å²) in [5, 5.41) is 4.88. The molecule has 0 aliphatic rings. The fraction of sp³-hybridized carbons (Fsp3) is 0.0769. The Morgan fingerprint density at radius 3 is 2.78 bits per heavy atom. The van der Waals surface area contributed by atoms with Gasteiger partial charge in [0.15, 0.2) is 11.5 Å². The third kappa shape index (κ3) is 2.15. The van der Waals surface area contributed by atoms with Crippen LogP contribution in [-0.4, -0.2) is 14.6 Å². The van der Waals surface area contributed by atoms with Gasteiger partial charge in [0.2, 0.25) is 0 Å². The molecule has 18 heavy (non-hydrogen) atoms. The Bertz CT molecular complexity index is 648. The van der Waals surface area contributed by atoms with E-state index in [-0.39, 0.29) is 0 Å². The van der Waals surface area contributed by atoms with Crippen molar-refractivity contribution in [2.24, 2.45) is 0 Å². The molecule has 3 aromatic rings. The molecule has 0 saturated heterocycles. The second-order valence-electron chi connectivity index (χ2n) is 3.75. The first-order valence-electron chi connectivity index (χ1n) is 5.50. The van der Waals surface area contributed by atoms with Crippen LogP contribution in [0.3, 0.4) is 0 Å². The average Bonchev–Trinajstić information content (AvgIpc) is 2.80. The standard InChI is InChI=1S/C13H10ClN3O/c14-10-5-1-2-6-11(10)18-9-12-15-13-7-3-4-8-17(13)16-12/h1-8H,9H2. The van der Waals surface area contributed by atoms with Crippen LogP contribution in [0, 0.1) is 0 Å². The molecule has 0 unspecified atom stereocenters. The van der Waals surface area contributed by atoms with Crippen LogP contribution in [0.1, 0.15) is 5.82 Å². The van der Waals surface area contributed by atoms with Crippen molar-refractivity contribution in [1.29, 1.82) is 0 Å². The summed E-state index contributed by atoms with van der Waals surface area (Å²) in [7, 11) is 0. The van der Waals surface area contributed by atoms with Gasteiger partial charge in [-0.15, -0.1) is 5.10 Å². The van der Waals surface area contributed by atoms with Crippen LogP contribution in [0.4, 0.5) is 0 Å². The van der Waals surface area contributed by atoms with Crippen molar-refractivity contribution in [3.63, 3.8) is 0 Å². The minimum Gasteiger partial charge on any atom is -0.484 e. The van der Waals surface area contributed by atoms with Crippen LogP contribution in [0.25, 0.3) is 5.65 Å². The summed E-state index contributed by atoms with van der Waals surface area (Å²) in [4.78, 5) is 4.34. The molecule has 0 N–H and O–H groups in total. The largest absolute Gasteiger partial charge is 0.484 e. The molecule has 0 saturated carbocycles. The van der Waals surface area contributed by atoms with E-state index in [1.165, 1.54) is 0 Å². The summed E-state index contributed by atoms with van der Waals surface area (Å²) in [6.45, 7) is 0.297. The number of benzene rings is 1. The summed E-state index contributed by atoms with van der Waals surface area (Å²) < 4.78 is 7.30. The monoisotopic (exact) mass is 259 g/mol. The second kappa shape index (κ2) is 4.66. The molecule has 90 valence electrons. The van der Waals surface area contributed by atoms with Gasteiger partial charge in [0.1, 0.15) is 12.4 Å². The molecule has 3 rings (SSSR count). The minimum atomic E-state index is 0.297. The quantitative estimate of drug-likeness (QED) is 0.726. The van der Waals surface area contributed by atoms with Gasteiger partial charge in [-0.2, -0.15) is 0 Å². The molecular formula is C13H10ClN3O. The van der Waals surface area contributed by atoms with E-state index >= 15 is 0 Å². The van der Waals surface area contributed by atoms with Crippen LogP contribution in [0.5, 0.6) is 5.75 Å². The van der Waals surface area contributed by atoms with Gasteiger partial charge < -0.3 is 4.74 Å². The zero-order chi connectivity index (χ0) is 12.4. The van der Waals surface area contributed by atoms with Crippen molar-refractivity contribution < 1.29 is 4.74 Å². The van der Waals surface area contributed by atoms with Gasteiger partial charge in [-0.25, -0.2) is 9.50 Å². The lowest BCUT2D eigenvalue weighted by Gasteiger charge is -2.04. The van der Waals surface area contributed by atoms with E-state index in [0.717, 1.165) is 5.65 Å². The molecule has 0 atom stereocenters. The fourth-order valence-electron chi connectivity index (χ4n) is 1.64. The van der Waals surface area contributed by atoms with Crippen LogP contribution in [-0.2, 0) is 6.61 Å². The van der Waals surface area contributed by atoms with E-state index in [2.05, 4.69) is 10.1 Å². The van der Waals surface area contributed by atoms with Crippen LogP contribution in [0.15, 0.2) is 48.7 Å². The van der Waals surface area contributed by atoms with Gasteiger partial charge in [-0.05, 0) is 24.3 Å². The van der Waals surface area contributed by atoms with E-state index in [1.807, 2.05) is 42.6 Å². The van der Waals surface area contributed by atoms with Crippen LogP contribution in [0.2, 0.25) is 5.02 Å². The number of ether oxygens (including phenoxy) is 1. The van der Waals surface area contributed by atoms with E-state index in [4.69, 9.17) is 16.3 Å². The molecule has 4 nitrogen and oxygen atoms in total. The second-order valence-corrected chi connectivity index (χ2v) is 4.16. The summed E-state index contributed by atoms with van der Waals surface area (Å²) in [6.07, 6.45) is 1.85. The number of aromatic nitrogens is 3. The van der Waals surface area contributed by atoms with Gasteiger partial charge in [0.05, 0.1) is 5.02 Å². The Balaban J connectivity index is 1.79. The first kappa shape index (κ1) is 11.0. The zero-order valence-electron chi connectivity index (χ0n) is 9.45.